The lowest BCUT2D eigenvalue weighted by molar-refractivity contribution is -0.145. The van der Waals surface area contributed by atoms with Crippen LogP contribution in [0.2, 0.25) is 0 Å². The molecule has 0 heterocycles. The zero-order valence-electron chi connectivity index (χ0n) is 14.3. The molecule has 0 aliphatic rings. The average molecular weight is 314 g/mol. The topological polar surface area (TPSA) is 44.8 Å². The molecule has 22 heavy (non-hydrogen) atoms. The number of unbranched alkanes of at least 4 members (excludes halogenated alkanes) is 8. The molecule has 0 radical (unpaired) electrons. The minimum Gasteiger partial charge on any atom is -0.499 e. The molecule has 0 spiro atoms. The Hall–Kier alpha value is -1.03. The van der Waals surface area contributed by atoms with Gasteiger partial charge in [-0.3, -0.25) is 4.79 Å². The molecule has 0 aliphatic heterocycles. The number of ether oxygens (including phenoxy) is 3. The summed E-state index contributed by atoms with van der Waals surface area (Å²) in [5, 5.41) is 0. The lowest BCUT2D eigenvalue weighted by Gasteiger charge is -2.06. The minimum absolute atomic E-state index is 0.117. The number of esters is 1. The van der Waals surface area contributed by atoms with Crippen LogP contribution in [0.1, 0.15) is 71.1 Å². The largest absolute Gasteiger partial charge is 0.499 e. The predicted octanol–water partition coefficient (Wildman–Crippen LogP) is 4.63. The monoisotopic (exact) mass is 314 g/mol. The molecular formula is C18H34O4. The number of carbonyl (C=O) groups excluding carboxylic acids is 1. The lowest BCUT2D eigenvalue weighted by Crippen LogP contribution is -2.12. The van der Waals surface area contributed by atoms with Gasteiger partial charge in [0.15, 0.2) is 0 Å². The van der Waals surface area contributed by atoms with Gasteiger partial charge in [-0.2, -0.15) is 0 Å². The van der Waals surface area contributed by atoms with Crippen LogP contribution in [0.15, 0.2) is 12.8 Å². The molecule has 0 fully saturated rings. The van der Waals surface area contributed by atoms with Crippen LogP contribution in [0.25, 0.3) is 0 Å². The third kappa shape index (κ3) is 17.0. The Labute approximate surface area is 136 Å². The normalized spacial score (nSPS) is 10.4. The molecular weight excluding hydrogens is 280 g/mol. The summed E-state index contributed by atoms with van der Waals surface area (Å²) in [5.41, 5.74) is 0. The van der Waals surface area contributed by atoms with Crippen LogP contribution in [0.3, 0.4) is 0 Å². The molecule has 0 unspecified atom stereocenters. The van der Waals surface area contributed by atoms with Crippen molar-refractivity contribution in [2.75, 3.05) is 26.4 Å². The summed E-state index contributed by atoms with van der Waals surface area (Å²) >= 11 is 0. The van der Waals surface area contributed by atoms with Gasteiger partial charge < -0.3 is 14.2 Å². The van der Waals surface area contributed by atoms with Crippen LogP contribution in [0, 0.1) is 0 Å². The molecule has 0 atom stereocenters. The fourth-order valence-electron chi connectivity index (χ4n) is 2.16. The zero-order chi connectivity index (χ0) is 16.3. The predicted molar refractivity (Wildman–Crippen MR) is 89.8 cm³/mol. The van der Waals surface area contributed by atoms with Crippen molar-refractivity contribution in [1.29, 1.82) is 0 Å². The maximum Gasteiger partial charge on any atom is 0.305 e. The number of rotatable bonds is 17. The van der Waals surface area contributed by atoms with Gasteiger partial charge in [-0.15, -0.1) is 0 Å². The first-order chi connectivity index (χ1) is 10.8. The summed E-state index contributed by atoms with van der Waals surface area (Å²) in [4.78, 5) is 11.5. The number of hydrogen-bond acceptors (Lipinski definition) is 4. The van der Waals surface area contributed by atoms with Crippen molar-refractivity contribution >= 4 is 5.97 Å². The first-order valence-electron chi connectivity index (χ1n) is 8.77. The quantitative estimate of drug-likeness (QED) is 0.223. The van der Waals surface area contributed by atoms with Gasteiger partial charge in [0.05, 0.1) is 19.5 Å². The molecule has 0 saturated heterocycles. The first-order valence-corrected chi connectivity index (χ1v) is 8.77. The minimum atomic E-state index is -0.117. The Morgan fingerprint density at radius 1 is 0.864 bits per heavy atom. The van der Waals surface area contributed by atoms with Gasteiger partial charge in [0.1, 0.15) is 13.2 Å². The molecule has 0 bridgehead atoms. The van der Waals surface area contributed by atoms with E-state index in [9.17, 15) is 4.79 Å². The van der Waals surface area contributed by atoms with Crippen LogP contribution in [0.5, 0.6) is 0 Å². The molecule has 4 heteroatoms. The Kier molecular flexibility index (Phi) is 17.2. The second-order valence-electron chi connectivity index (χ2n) is 5.45. The summed E-state index contributed by atoms with van der Waals surface area (Å²) < 4.78 is 15.2. The van der Waals surface area contributed by atoms with Crippen LogP contribution >= 0.6 is 0 Å². The van der Waals surface area contributed by atoms with Gasteiger partial charge in [0, 0.05) is 6.42 Å². The smallest absolute Gasteiger partial charge is 0.305 e. The molecule has 0 rings (SSSR count). The lowest BCUT2D eigenvalue weighted by atomic mass is 10.1. The van der Waals surface area contributed by atoms with E-state index in [0.717, 1.165) is 12.8 Å². The second-order valence-corrected chi connectivity index (χ2v) is 5.45. The van der Waals surface area contributed by atoms with Crippen LogP contribution in [0.4, 0.5) is 0 Å². The Morgan fingerprint density at radius 2 is 1.45 bits per heavy atom. The third-order valence-corrected chi connectivity index (χ3v) is 3.44. The molecule has 0 aliphatic carbocycles. The fraction of sp³-hybridized carbons (Fsp3) is 0.833. The first kappa shape index (κ1) is 21.0. The van der Waals surface area contributed by atoms with Gasteiger partial charge in [-0.05, 0) is 6.42 Å². The molecule has 130 valence electrons. The molecule has 0 aromatic heterocycles. The van der Waals surface area contributed by atoms with Crippen molar-refractivity contribution in [3.63, 3.8) is 0 Å². The highest BCUT2D eigenvalue weighted by molar-refractivity contribution is 5.69. The Balaban J connectivity index is 3.14. The molecule has 4 nitrogen and oxygen atoms in total. The van der Waals surface area contributed by atoms with Gasteiger partial charge >= 0.3 is 5.97 Å². The number of carbonyl (C=O) groups is 1. The van der Waals surface area contributed by atoms with Crippen molar-refractivity contribution in [2.24, 2.45) is 0 Å². The van der Waals surface area contributed by atoms with E-state index in [1.165, 1.54) is 51.2 Å². The van der Waals surface area contributed by atoms with Gasteiger partial charge in [-0.25, -0.2) is 0 Å². The highest BCUT2D eigenvalue weighted by Crippen LogP contribution is 2.10. The van der Waals surface area contributed by atoms with Gasteiger partial charge in [-0.1, -0.05) is 64.9 Å². The van der Waals surface area contributed by atoms with E-state index >= 15 is 0 Å². The third-order valence-electron chi connectivity index (χ3n) is 3.44. The average Bonchev–Trinajstić information content (AvgIpc) is 2.52. The highest BCUT2D eigenvalue weighted by atomic mass is 16.6. The maximum absolute atomic E-state index is 11.5. The summed E-state index contributed by atoms with van der Waals surface area (Å²) in [6.07, 6.45) is 13.2. The highest BCUT2D eigenvalue weighted by Gasteiger charge is 2.02. The van der Waals surface area contributed by atoms with Crippen LogP contribution in [-0.4, -0.2) is 32.4 Å². The van der Waals surface area contributed by atoms with E-state index in [4.69, 9.17) is 14.2 Å². The van der Waals surface area contributed by atoms with E-state index in [-0.39, 0.29) is 5.97 Å². The summed E-state index contributed by atoms with van der Waals surface area (Å²) in [6, 6.07) is 0. The van der Waals surface area contributed by atoms with Crippen molar-refractivity contribution < 1.29 is 19.0 Å². The van der Waals surface area contributed by atoms with Crippen LogP contribution < -0.4 is 0 Å². The second kappa shape index (κ2) is 18.0. The standard InChI is InChI=1S/C18H34O4/c1-3-5-6-7-8-9-10-11-12-13-18(19)22-17-16-21-15-14-20-4-2/h4H,2-3,5-17H2,1H3. The molecule has 0 aromatic carbocycles. The number of hydrogen-bond donors (Lipinski definition) is 0. The van der Waals surface area contributed by atoms with Crippen LogP contribution in [-0.2, 0) is 19.0 Å². The summed E-state index contributed by atoms with van der Waals surface area (Å²) in [6.45, 7) is 7.39. The Morgan fingerprint density at radius 3 is 2.09 bits per heavy atom. The SMILES string of the molecule is C=COCCOCCOC(=O)CCCCCCCCCCC. The van der Waals surface area contributed by atoms with Crippen molar-refractivity contribution in [3.05, 3.63) is 12.8 Å². The summed E-state index contributed by atoms with van der Waals surface area (Å²) in [7, 11) is 0. The van der Waals surface area contributed by atoms with E-state index in [1.807, 2.05) is 0 Å². The van der Waals surface area contributed by atoms with E-state index in [0.29, 0.717) is 32.8 Å². The zero-order valence-corrected chi connectivity index (χ0v) is 14.3. The molecule has 0 saturated carbocycles. The fourth-order valence-corrected chi connectivity index (χ4v) is 2.16. The summed E-state index contributed by atoms with van der Waals surface area (Å²) in [5.74, 6) is -0.117. The van der Waals surface area contributed by atoms with Crippen molar-refractivity contribution in [2.45, 2.75) is 71.1 Å². The molecule has 0 amide bonds. The van der Waals surface area contributed by atoms with E-state index in [1.54, 1.807) is 0 Å². The van der Waals surface area contributed by atoms with E-state index in [2.05, 4.69) is 13.5 Å². The van der Waals surface area contributed by atoms with E-state index < -0.39 is 0 Å². The molecule has 0 N–H and O–H groups in total. The van der Waals surface area contributed by atoms with Crippen molar-refractivity contribution in [3.8, 4) is 0 Å². The van der Waals surface area contributed by atoms with Gasteiger partial charge in [0.2, 0.25) is 0 Å². The molecule has 0 aromatic rings. The Bertz CT molecular complexity index is 253. The van der Waals surface area contributed by atoms with Gasteiger partial charge in [0.25, 0.3) is 0 Å². The maximum atomic E-state index is 11.5. The van der Waals surface area contributed by atoms with Crippen molar-refractivity contribution in [1.82, 2.24) is 0 Å².